The Kier molecular flexibility index (Phi) is 4.43. The van der Waals surface area contributed by atoms with Crippen molar-refractivity contribution in [2.45, 2.75) is 25.5 Å². The van der Waals surface area contributed by atoms with Crippen molar-refractivity contribution in [2.75, 3.05) is 25.0 Å². The van der Waals surface area contributed by atoms with Crippen LogP contribution in [0.5, 0.6) is 5.75 Å². The van der Waals surface area contributed by atoms with Crippen molar-refractivity contribution in [1.82, 2.24) is 4.90 Å². The zero-order valence-electron chi connectivity index (χ0n) is 11.3. The molecule has 0 spiro atoms. The molecule has 7 heteroatoms. The van der Waals surface area contributed by atoms with Gasteiger partial charge in [0.2, 0.25) is 0 Å². The van der Waals surface area contributed by atoms with Crippen LogP contribution in [0.2, 0.25) is 10.0 Å². The van der Waals surface area contributed by atoms with Crippen molar-refractivity contribution in [3.63, 3.8) is 0 Å². The Morgan fingerprint density at radius 2 is 1.86 bits per heavy atom. The highest BCUT2D eigenvalue weighted by Crippen LogP contribution is 2.38. The van der Waals surface area contributed by atoms with Gasteiger partial charge in [0.05, 0.1) is 10.0 Å². The molecular formula is C14H16Cl2F2N2O. The molecule has 2 saturated heterocycles. The molecule has 2 fully saturated rings. The fourth-order valence-corrected chi connectivity index (χ4v) is 3.78. The van der Waals surface area contributed by atoms with Gasteiger partial charge in [0.25, 0.3) is 0 Å². The predicted molar refractivity (Wildman–Crippen MR) is 79.7 cm³/mol. The first-order chi connectivity index (χ1) is 10.0. The van der Waals surface area contributed by atoms with Crippen LogP contribution in [-0.4, -0.2) is 37.2 Å². The van der Waals surface area contributed by atoms with Crippen molar-refractivity contribution >= 4 is 28.9 Å². The fraction of sp³-hybridized carbons (Fsp3) is 0.571. The van der Waals surface area contributed by atoms with Crippen molar-refractivity contribution in [3.05, 3.63) is 22.2 Å². The predicted octanol–water partition coefficient (Wildman–Crippen LogP) is 4.10. The smallest absolute Gasteiger partial charge is 0.387 e. The molecule has 2 aliphatic rings. The normalized spacial score (nSPS) is 28.0. The van der Waals surface area contributed by atoms with Crippen molar-refractivity contribution in [3.8, 4) is 5.75 Å². The van der Waals surface area contributed by atoms with Gasteiger partial charge >= 0.3 is 6.61 Å². The molecule has 0 aromatic heterocycles. The van der Waals surface area contributed by atoms with Crippen LogP contribution in [0.1, 0.15) is 12.8 Å². The van der Waals surface area contributed by atoms with Gasteiger partial charge in [-0.15, -0.1) is 0 Å². The minimum atomic E-state index is -2.94. The summed E-state index contributed by atoms with van der Waals surface area (Å²) in [7, 11) is 0. The summed E-state index contributed by atoms with van der Waals surface area (Å²) >= 11 is 12.0. The van der Waals surface area contributed by atoms with Gasteiger partial charge in [0.15, 0.2) is 5.75 Å². The standard InChI is InChI=1S/C14H16Cl2F2N2O/c15-10-5-9(6-11(16)13(10)21-14(17)18)19-12-2-4-20-3-1-8(12)7-20/h5-6,8,12,14,19H,1-4,7H2. The Morgan fingerprint density at radius 3 is 2.52 bits per heavy atom. The van der Waals surface area contributed by atoms with Crippen LogP contribution in [0.15, 0.2) is 12.1 Å². The van der Waals surface area contributed by atoms with Gasteiger partial charge in [-0.2, -0.15) is 8.78 Å². The van der Waals surface area contributed by atoms with E-state index < -0.39 is 6.61 Å². The monoisotopic (exact) mass is 336 g/mol. The number of alkyl halides is 2. The molecule has 2 aliphatic heterocycles. The number of halogens is 4. The first-order valence-corrected chi connectivity index (χ1v) is 7.71. The molecule has 2 heterocycles. The van der Waals surface area contributed by atoms with Crippen LogP contribution in [0.4, 0.5) is 14.5 Å². The van der Waals surface area contributed by atoms with Gasteiger partial charge < -0.3 is 15.0 Å². The number of nitrogens with zero attached hydrogens (tertiary/aromatic N) is 1. The molecule has 3 atom stereocenters. The minimum Gasteiger partial charge on any atom is -0.432 e. The SMILES string of the molecule is FC(F)Oc1c(Cl)cc(NC2CCN3CCC2C3)cc1Cl. The summed E-state index contributed by atoms with van der Waals surface area (Å²) < 4.78 is 28.9. The highest BCUT2D eigenvalue weighted by molar-refractivity contribution is 6.37. The fourth-order valence-electron chi connectivity index (χ4n) is 3.20. The molecule has 21 heavy (non-hydrogen) atoms. The third-order valence-corrected chi connectivity index (χ3v) is 4.75. The highest BCUT2D eigenvalue weighted by Gasteiger charge is 2.34. The number of benzene rings is 1. The Balaban J connectivity index is 1.74. The second-order valence-corrected chi connectivity index (χ2v) is 6.35. The van der Waals surface area contributed by atoms with E-state index in [1.807, 2.05) is 0 Å². The summed E-state index contributed by atoms with van der Waals surface area (Å²) in [4.78, 5) is 2.46. The van der Waals surface area contributed by atoms with E-state index in [4.69, 9.17) is 23.2 Å². The second-order valence-electron chi connectivity index (χ2n) is 5.54. The van der Waals surface area contributed by atoms with Crippen LogP contribution in [-0.2, 0) is 0 Å². The van der Waals surface area contributed by atoms with E-state index in [0.717, 1.165) is 31.7 Å². The van der Waals surface area contributed by atoms with Gasteiger partial charge in [-0.1, -0.05) is 23.2 Å². The molecule has 0 radical (unpaired) electrons. The Labute approximate surface area is 132 Å². The van der Waals surface area contributed by atoms with Gasteiger partial charge in [0.1, 0.15) is 0 Å². The number of nitrogens with one attached hydrogen (secondary N) is 1. The van der Waals surface area contributed by atoms with Gasteiger partial charge in [-0.3, -0.25) is 0 Å². The third-order valence-electron chi connectivity index (χ3n) is 4.19. The second kappa shape index (κ2) is 6.15. The third kappa shape index (κ3) is 3.35. The molecule has 1 aromatic rings. The van der Waals surface area contributed by atoms with Gasteiger partial charge in [-0.25, -0.2) is 0 Å². The van der Waals surface area contributed by atoms with Crippen LogP contribution in [0.25, 0.3) is 0 Å². The number of fused-ring (bicyclic) bond motifs is 2. The molecular weight excluding hydrogens is 321 g/mol. The number of hydrogen-bond acceptors (Lipinski definition) is 3. The summed E-state index contributed by atoms with van der Waals surface area (Å²) in [6.07, 6.45) is 2.25. The van der Waals surface area contributed by atoms with Gasteiger partial charge in [-0.05, 0) is 37.4 Å². The summed E-state index contributed by atoms with van der Waals surface area (Å²) in [5.74, 6) is 0.447. The minimum absolute atomic E-state index is 0.0918. The van der Waals surface area contributed by atoms with E-state index in [9.17, 15) is 8.78 Å². The maximum absolute atomic E-state index is 12.3. The molecule has 3 unspecified atom stereocenters. The van der Waals surface area contributed by atoms with E-state index in [2.05, 4.69) is 15.0 Å². The molecule has 0 amide bonds. The Morgan fingerprint density at radius 1 is 1.19 bits per heavy atom. The lowest BCUT2D eigenvalue weighted by atomic mass is 9.94. The number of ether oxygens (including phenoxy) is 1. The first-order valence-electron chi connectivity index (χ1n) is 6.95. The average Bonchev–Trinajstić information content (AvgIpc) is 2.80. The van der Waals surface area contributed by atoms with Crippen LogP contribution in [0, 0.1) is 5.92 Å². The van der Waals surface area contributed by atoms with E-state index in [1.165, 1.54) is 6.42 Å². The first kappa shape index (κ1) is 15.1. The van der Waals surface area contributed by atoms with Crippen LogP contribution < -0.4 is 10.1 Å². The summed E-state index contributed by atoms with van der Waals surface area (Å²) in [5.41, 5.74) is 0.747. The molecule has 3 nitrogen and oxygen atoms in total. The molecule has 0 saturated carbocycles. The van der Waals surface area contributed by atoms with E-state index in [-0.39, 0.29) is 15.8 Å². The summed E-state index contributed by atoms with van der Waals surface area (Å²) in [6, 6.07) is 3.55. The zero-order chi connectivity index (χ0) is 15.0. The molecule has 116 valence electrons. The Bertz CT molecular complexity index is 507. The molecule has 1 aromatic carbocycles. The number of hydrogen-bond donors (Lipinski definition) is 1. The maximum atomic E-state index is 12.3. The number of anilines is 1. The van der Waals surface area contributed by atoms with Crippen molar-refractivity contribution in [1.29, 1.82) is 0 Å². The van der Waals surface area contributed by atoms with E-state index in [0.29, 0.717) is 12.0 Å². The average molecular weight is 337 g/mol. The van der Waals surface area contributed by atoms with Crippen LogP contribution >= 0.6 is 23.2 Å². The van der Waals surface area contributed by atoms with Gasteiger partial charge in [0, 0.05) is 24.8 Å². The van der Waals surface area contributed by atoms with E-state index >= 15 is 0 Å². The topological polar surface area (TPSA) is 24.5 Å². The van der Waals surface area contributed by atoms with Crippen molar-refractivity contribution < 1.29 is 13.5 Å². The number of piperidine rings is 1. The highest BCUT2D eigenvalue weighted by atomic mass is 35.5. The lowest BCUT2D eigenvalue weighted by Crippen LogP contribution is -2.39. The van der Waals surface area contributed by atoms with Crippen molar-refractivity contribution in [2.24, 2.45) is 5.92 Å². The number of rotatable bonds is 4. The maximum Gasteiger partial charge on any atom is 0.387 e. The molecule has 0 aliphatic carbocycles. The summed E-state index contributed by atoms with van der Waals surface area (Å²) in [5, 5.41) is 3.62. The quantitative estimate of drug-likeness (QED) is 0.895. The molecule has 2 bridgehead atoms. The summed E-state index contributed by atoms with van der Waals surface area (Å²) in [6.45, 7) is 0.418. The molecule has 1 N–H and O–H groups in total. The lowest BCUT2D eigenvalue weighted by Gasteiger charge is -2.31. The van der Waals surface area contributed by atoms with Crippen LogP contribution in [0.3, 0.4) is 0 Å². The lowest BCUT2D eigenvalue weighted by molar-refractivity contribution is -0.0497. The van der Waals surface area contributed by atoms with E-state index in [1.54, 1.807) is 12.1 Å². The Hall–Kier alpha value is -0.780. The largest absolute Gasteiger partial charge is 0.432 e. The zero-order valence-corrected chi connectivity index (χ0v) is 12.8. The molecule has 3 rings (SSSR count).